The van der Waals surface area contributed by atoms with Gasteiger partial charge in [-0.05, 0) is 94.2 Å². The van der Waals surface area contributed by atoms with Gasteiger partial charge in [-0.15, -0.1) is 11.3 Å². The van der Waals surface area contributed by atoms with Crippen molar-refractivity contribution in [1.29, 1.82) is 0 Å². The molecule has 3 fully saturated rings. The lowest BCUT2D eigenvalue weighted by Gasteiger charge is -2.41. The summed E-state index contributed by atoms with van der Waals surface area (Å²) in [5, 5.41) is 6.25. The van der Waals surface area contributed by atoms with Gasteiger partial charge in [-0.3, -0.25) is 29.2 Å². The number of fused-ring (bicyclic) bond motifs is 6. The van der Waals surface area contributed by atoms with E-state index in [1.807, 2.05) is 37.1 Å². The van der Waals surface area contributed by atoms with Gasteiger partial charge in [0.1, 0.15) is 17.2 Å². The summed E-state index contributed by atoms with van der Waals surface area (Å²) in [5.74, 6) is -2.04. The predicted octanol–water partition coefficient (Wildman–Crippen LogP) is 6.03. The number of aryl methyl sites for hydroxylation is 1. The second-order valence-electron chi connectivity index (χ2n) is 20.3. The molecular formula is C51H66N9O7SSi. The standard InChI is InChI=1S/C51H66N9O7SSi/c1-10-41(61)59-25-24-57(23-20-50(59)18-19-50)48(65)56(8)43(31(3)4)45(62)54-51(69)28-40-53-38(29-68-40)33-16-17-39-35(26-33)36(44(58(39)11-2)34-14-12-21-52-42(34)32(5)66-9)27-49(6,7)30-67-46(63)37-15-13-22-60(55-37)47(51)64/h10,12,14,16-17,21,26,29,31-32,37,43,55H,1,11,13,15,18-20,22-25,27-28,30H2,2-9H3,(H,54,62)/t32-,37-,43-,51?/m0/s1. The Kier molecular flexibility index (Phi) is 14.3. The van der Waals surface area contributed by atoms with Crippen molar-refractivity contribution in [3.8, 4) is 22.5 Å². The number of benzene rings is 1. The van der Waals surface area contributed by atoms with Crippen LogP contribution in [-0.4, -0.2) is 144 Å². The predicted molar refractivity (Wildman–Crippen MR) is 266 cm³/mol. The highest BCUT2D eigenvalue weighted by Gasteiger charge is 2.51. The van der Waals surface area contributed by atoms with E-state index in [-0.39, 0.29) is 49.1 Å². The van der Waals surface area contributed by atoms with E-state index in [1.165, 1.54) is 27.3 Å². The van der Waals surface area contributed by atoms with Crippen LogP contribution in [0.15, 0.2) is 54.6 Å². The van der Waals surface area contributed by atoms with Crippen molar-refractivity contribution >= 4 is 62.2 Å². The number of thiazole rings is 1. The Labute approximate surface area is 412 Å². The van der Waals surface area contributed by atoms with Crippen LogP contribution in [-0.2, 0) is 48.0 Å². The van der Waals surface area contributed by atoms with Crippen LogP contribution in [0.2, 0.25) is 0 Å². The summed E-state index contributed by atoms with van der Waals surface area (Å²) in [7, 11) is 7.12. The number of carbonyl (C=O) groups is 5. The minimum Gasteiger partial charge on any atom is -0.464 e. The summed E-state index contributed by atoms with van der Waals surface area (Å²) >= 11 is 1.38. The molecule has 2 N–H and O–H groups in total. The molecule has 3 radical (unpaired) electrons. The Morgan fingerprint density at radius 1 is 1.10 bits per heavy atom. The highest BCUT2D eigenvalue weighted by molar-refractivity contribution is 7.10. The van der Waals surface area contributed by atoms with E-state index in [1.54, 1.807) is 25.3 Å². The molecule has 1 spiro atoms. The number of hydrogen-bond acceptors (Lipinski definition) is 11. The van der Waals surface area contributed by atoms with Crippen LogP contribution in [0.25, 0.3) is 33.4 Å². The number of amides is 5. The molecule has 69 heavy (non-hydrogen) atoms. The number of carbonyl (C=O) groups excluding carboxylic acids is 5. The number of pyridine rings is 1. The van der Waals surface area contributed by atoms with Crippen molar-refractivity contribution < 1.29 is 33.4 Å². The van der Waals surface area contributed by atoms with E-state index in [9.17, 15) is 24.0 Å². The van der Waals surface area contributed by atoms with Crippen LogP contribution < -0.4 is 10.7 Å². The quantitative estimate of drug-likeness (QED) is 0.115. The molecule has 2 saturated heterocycles. The van der Waals surface area contributed by atoms with Crippen molar-refractivity contribution in [2.45, 2.75) is 122 Å². The molecule has 4 aromatic rings. The third-order valence-electron chi connectivity index (χ3n) is 14.4. The first-order valence-corrected chi connectivity index (χ1v) is 25.6. The molecule has 1 aliphatic carbocycles. The minimum atomic E-state index is -1.76. The molecule has 3 aliphatic heterocycles. The van der Waals surface area contributed by atoms with E-state index in [0.717, 1.165) is 51.8 Å². The van der Waals surface area contributed by atoms with Crippen molar-refractivity contribution in [3.05, 3.63) is 70.8 Å². The molecule has 1 saturated carbocycles. The zero-order valence-electron chi connectivity index (χ0n) is 41.2. The molecule has 1 unspecified atom stereocenters. The van der Waals surface area contributed by atoms with Crippen LogP contribution in [0.3, 0.4) is 0 Å². The number of urea groups is 1. The van der Waals surface area contributed by atoms with Crippen molar-refractivity contribution in [1.82, 2.24) is 45.0 Å². The second-order valence-corrected chi connectivity index (χ2v) is 22.1. The fourth-order valence-corrected chi connectivity index (χ4v) is 12.0. The van der Waals surface area contributed by atoms with Gasteiger partial charge in [0, 0.05) is 97.9 Å². The summed E-state index contributed by atoms with van der Waals surface area (Å²) in [5.41, 5.74) is 8.90. The number of aromatic nitrogens is 3. The molecule has 4 aliphatic rings. The third-order valence-corrected chi connectivity index (χ3v) is 15.8. The lowest BCUT2D eigenvalue weighted by Crippen LogP contribution is -2.68. The molecule has 16 nitrogen and oxygen atoms in total. The molecule has 6 bridgehead atoms. The topological polar surface area (TPSA) is 172 Å². The maximum absolute atomic E-state index is 15.0. The number of likely N-dealkylation sites (N-methyl/N-ethyl adjacent to an activating group) is 1. The van der Waals surface area contributed by atoms with Crippen molar-refractivity contribution in [2.24, 2.45) is 11.3 Å². The van der Waals surface area contributed by atoms with Gasteiger partial charge < -0.3 is 34.1 Å². The normalized spacial score (nSPS) is 22.4. The molecule has 4 atom stereocenters. The Hall–Kier alpha value is -5.43. The van der Waals surface area contributed by atoms with Gasteiger partial charge >= 0.3 is 12.0 Å². The monoisotopic (exact) mass is 976 g/mol. The Morgan fingerprint density at radius 2 is 1.87 bits per heavy atom. The molecule has 367 valence electrons. The lowest BCUT2D eigenvalue weighted by atomic mass is 9.84. The summed E-state index contributed by atoms with van der Waals surface area (Å²) in [6, 6.07) is 8.24. The average Bonchev–Trinajstić information content (AvgIpc) is 3.93. The Bertz CT molecular complexity index is 2640. The molecule has 3 aromatic heterocycles. The van der Waals surface area contributed by atoms with Gasteiger partial charge in [0.25, 0.3) is 5.91 Å². The summed E-state index contributed by atoms with van der Waals surface area (Å²) in [4.78, 5) is 85.8. The lowest BCUT2D eigenvalue weighted by molar-refractivity contribution is -0.156. The Morgan fingerprint density at radius 3 is 2.57 bits per heavy atom. The summed E-state index contributed by atoms with van der Waals surface area (Å²) in [6.07, 6.45) is 6.71. The van der Waals surface area contributed by atoms with E-state index in [4.69, 9.17) is 19.4 Å². The van der Waals surface area contributed by atoms with Crippen LogP contribution >= 0.6 is 11.3 Å². The number of hydrogen-bond donors (Lipinski definition) is 2. The SMILES string of the molecule is C=CC(=O)N1CCN(C(=O)N(C)[C@H](C(=O)NC2([Si])Cc3nc(cs3)-c3ccc4c(c3)c(c(-c3cccnc3[C@H](C)OC)n4CC)CC(C)(C)COC(=O)[C@@H]3CCCN(N3)C2=O)C(C)C)CCC12CC2. The van der Waals surface area contributed by atoms with Crippen LogP contribution in [0.1, 0.15) is 96.0 Å². The maximum Gasteiger partial charge on any atom is 0.324 e. The number of nitrogens with one attached hydrogen (secondary N) is 2. The second kappa shape index (κ2) is 19.8. The number of esters is 1. The average molecular weight is 977 g/mol. The van der Waals surface area contributed by atoms with Gasteiger partial charge in [0.2, 0.25) is 11.8 Å². The summed E-state index contributed by atoms with van der Waals surface area (Å²) in [6.45, 7) is 17.9. The minimum absolute atomic E-state index is 0.0458. The number of nitrogens with zero attached hydrogens (tertiary/aromatic N) is 7. The number of ether oxygens (including phenoxy) is 2. The van der Waals surface area contributed by atoms with E-state index < -0.39 is 40.4 Å². The first-order chi connectivity index (χ1) is 32.8. The zero-order chi connectivity index (χ0) is 49.6. The van der Waals surface area contributed by atoms with Gasteiger partial charge in [0.15, 0.2) is 0 Å². The molecular weight excluding hydrogens is 911 g/mol. The largest absolute Gasteiger partial charge is 0.464 e. The first-order valence-electron chi connectivity index (χ1n) is 24.2. The number of hydrazine groups is 1. The number of methoxy groups -OCH3 is 1. The molecule has 5 amide bonds. The fourth-order valence-electron chi connectivity index (χ4n) is 10.5. The highest BCUT2D eigenvalue weighted by atomic mass is 32.1. The van der Waals surface area contributed by atoms with E-state index in [0.29, 0.717) is 62.6 Å². The van der Waals surface area contributed by atoms with Crippen molar-refractivity contribution in [3.63, 3.8) is 0 Å². The van der Waals surface area contributed by atoms with Gasteiger partial charge in [-0.1, -0.05) is 40.3 Å². The smallest absolute Gasteiger partial charge is 0.324 e. The molecule has 6 heterocycles. The Balaban J connectivity index is 1.16. The fraction of sp³-hybridized carbons (Fsp3) is 0.549. The van der Waals surface area contributed by atoms with E-state index in [2.05, 4.69) is 77.2 Å². The molecule has 1 aromatic carbocycles. The molecule has 8 rings (SSSR count). The van der Waals surface area contributed by atoms with Gasteiger partial charge in [0.05, 0.1) is 45.0 Å². The van der Waals surface area contributed by atoms with E-state index >= 15 is 0 Å². The number of cyclic esters (lactones) is 1. The highest BCUT2D eigenvalue weighted by Crippen LogP contribution is 2.46. The summed E-state index contributed by atoms with van der Waals surface area (Å²) < 4.78 is 14.3. The van der Waals surface area contributed by atoms with Gasteiger partial charge in [-0.2, -0.15) is 0 Å². The van der Waals surface area contributed by atoms with Crippen LogP contribution in [0.5, 0.6) is 0 Å². The zero-order valence-corrected chi connectivity index (χ0v) is 43.0. The first kappa shape index (κ1) is 50.0. The van der Waals surface area contributed by atoms with Crippen LogP contribution in [0.4, 0.5) is 4.79 Å². The van der Waals surface area contributed by atoms with Gasteiger partial charge in [-0.25, -0.2) is 15.2 Å². The van der Waals surface area contributed by atoms with Crippen LogP contribution in [0, 0.1) is 11.3 Å². The number of rotatable bonds is 9. The van der Waals surface area contributed by atoms with Crippen molar-refractivity contribution in [2.75, 3.05) is 46.9 Å². The molecule has 18 heteroatoms. The third kappa shape index (κ3) is 9.86. The maximum atomic E-state index is 15.0.